The molecule has 0 saturated carbocycles. The number of hydrogen-bond donors (Lipinski definition) is 2. The van der Waals surface area contributed by atoms with Crippen molar-refractivity contribution in [3.8, 4) is 5.75 Å². The van der Waals surface area contributed by atoms with Gasteiger partial charge in [-0.2, -0.15) is 4.98 Å². The van der Waals surface area contributed by atoms with Crippen molar-refractivity contribution in [1.82, 2.24) is 15.3 Å². The Morgan fingerprint density at radius 3 is 2.48 bits per heavy atom. The summed E-state index contributed by atoms with van der Waals surface area (Å²) in [5.74, 6) is 1.63. The number of carbonyl (C=O) groups is 1. The highest BCUT2D eigenvalue weighted by atomic mass is 16.5. The van der Waals surface area contributed by atoms with Gasteiger partial charge in [0, 0.05) is 18.8 Å². The third kappa shape index (κ3) is 5.01. The van der Waals surface area contributed by atoms with Crippen molar-refractivity contribution in [2.24, 2.45) is 0 Å². The highest BCUT2D eigenvalue weighted by molar-refractivity contribution is 5.98. The van der Waals surface area contributed by atoms with Crippen LogP contribution in [0, 0.1) is 0 Å². The maximum atomic E-state index is 12.8. The number of nitrogens with one attached hydrogen (secondary N) is 2. The zero-order chi connectivity index (χ0) is 20.6. The summed E-state index contributed by atoms with van der Waals surface area (Å²) in [6, 6.07) is 18.7. The van der Waals surface area contributed by atoms with Crippen molar-refractivity contribution in [2.75, 3.05) is 23.9 Å². The van der Waals surface area contributed by atoms with Crippen LogP contribution in [0.1, 0.15) is 25.5 Å². The van der Waals surface area contributed by atoms with E-state index in [2.05, 4.69) is 20.6 Å². The number of ether oxygens (including phenoxy) is 1. The lowest BCUT2D eigenvalue weighted by Gasteiger charge is -2.23. The standard InChI is InChI=1S/C22H25N5O2/c1-4-23-22(28)27(18-10-12-19(29-3)13-11-18)20-14-15-24-21(26-20)25-16(2)17-8-6-5-7-9-17/h5-16H,4H2,1-3H3,(H,23,28)(H,24,25,26). The Kier molecular flexibility index (Phi) is 6.63. The molecule has 0 bridgehead atoms. The number of nitrogens with zero attached hydrogens (tertiary/aromatic N) is 3. The van der Waals surface area contributed by atoms with Gasteiger partial charge in [0.05, 0.1) is 18.8 Å². The normalized spacial score (nSPS) is 11.4. The van der Waals surface area contributed by atoms with Crippen molar-refractivity contribution in [3.05, 3.63) is 72.4 Å². The average molecular weight is 391 g/mol. The van der Waals surface area contributed by atoms with Gasteiger partial charge in [0.25, 0.3) is 0 Å². The molecule has 0 aliphatic rings. The number of amides is 2. The Balaban J connectivity index is 1.89. The highest BCUT2D eigenvalue weighted by Crippen LogP contribution is 2.27. The van der Waals surface area contributed by atoms with Crippen molar-refractivity contribution >= 4 is 23.5 Å². The number of hydrogen-bond acceptors (Lipinski definition) is 5. The lowest BCUT2D eigenvalue weighted by atomic mass is 10.1. The van der Waals surface area contributed by atoms with E-state index < -0.39 is 0 Å². The van der Waals surface area contributed by atoms with Gasteiger partial charge in [0.2, 0.25) is 5.95 Å². The second kappa shape index (κ2) is 9.54. The second-order valence-electron chi connectivity index (χ2n) is 6.38. The quantitative estimate of drug-likeness (QED) is 0.619. The predicted molar refractivity (Wildman–Crippen MR) is 115 cm³/mol. The molecular weight excluding hydrogens is 366 g/mol. The molecule has 3 rings (SSSR count). The van der Waals surface area contributed by atoms with Gasteiger partial charge in [0.15, 0.2) is 0 Å². The molecule has 2 N–H and O–H groups in total. The fourth-order valence-electron chi connectivity index (χ4n) is 2.88. The van der Waals surface area contributed by atoms with E-state index in [1.165, 1.54) is 4.90 Å². The summed E-state index contributed by atoms with van der Waals surface area (Å²) in [6.07, 6.45) is 1.64. The Bertz CT molecular complexity index is 931. The molecule has 2 amide bonds. The number of benzene rings is 2. The van der Waals surface area contributed by atoms with Gasteiger partial charge in [-0.15, -0.1) is 0 Å². The first kappa shape index (κ1) is 20.1. The number of urea groups is 1. The van der Waals surface area contributed by atoms with Crippen molar-refractivity contribution in [1.29, 1.82) is 0 Å². The summed E-state index contributed by atoms with van der Waals surface area (Å²) < 4.78 is 5.21. The van der Waals surface area contributed by atoms with Crippen LogP contribution in [-0.4, -0.2) is 29.7 Å². The van der Waals surface area contributed by atoms with E-state index in [9.17, 15) is 4.79 Å². The summed E-state index contributed by atoms with van der Waals surface area (Å²) in [6.45, 7) is 4.42. The number of anilines is 3. The first-order valence-corrected chi connectivity index (χ1v) is 9.49. The topological polar surface area (TPSA) is 79.4 Å². The molecule has 0 radical (unpaired) electrons. The molecule has 2 aromatic carbocycles. The smallest absolute Gasteiger partial charge is 0.327 e. The molecule has 0 spiro atoms. The summed E-state index contributed by atoms with van der Waals surface area (Å²) in [5, 5.41) is 6.13. The molecule has 0 fully saturated rings. The average Bonchev–Trinajstić information content (AvgIpc) is 2.75. The van der Waals surface area contributed by atoms with Crippen LogP contribution in [-0.2, 0) is 0 Å². The number of carbonyl (C=O) groups excluding carboxylic acids is 1. The molecule has 7 heteroatoms. The number of aromatic nitrogens is 2. The third-order valence-electron chi connectivity index (χ3n) is 4.38. The van der Waals surface area contributed by atoms with Gasteiger partial charge >= 0.3 is 6.03 Å². The second-order valence-corrected chi connectivity index (χ2v) is 6.38. The van der Waals surface area contributed by atoms with Crippen LogP contribution in [0.3, 0.4) is 0 Å². The lowest BCUT2D eigenvalue weighted by Crippen LogP contribution is -2.37. The van der Waals surface area contributed by atoms with E-state index in [0.717, 1.165) is 5.56 Å². The Labute approximate surface area is 170 Å². The lowest BCUT2D eigenvalue weighted by molar-refractivity contribution is 0.249. The summed E-state index contributed by atoms with van der Waals surface area (Å²) >= 11 is 0. The molecule has 7 nitrogen and oxygen atoms in total. The van der Waals surface area contributed by atoms with Gasteiger partial charge in [-0.05, 0) is 43.7 Å². The van der Waals surface area contributed by atoms with E-state index in [-0.39, 0.29) is 12.1 Å². The van der Waals surface area contributed by atoms with Gasteiger partial charge in [-0.25, -0.2) is 14.7 Å². The minimum Gasteiger partial charge on any atom is -0.497 e. The SMILES string of the molecule is CCNC(=O)N(c1ccc(OC)cc1)c1ccnc(NC(C)c2ccccc2)n1. The molecule has 3 aromatic rings. The molecule has 0 aliphatic heterocycles. The first-order valence-electron chi connectivity index (χ1n) is 9.49. The van der Waals surface area contributed by atoms with E-state index in [4.69, 9.17) is 4.74 Å². The molecule has 0 aliphatic carbocycles. The maximum Gasteiger partial charge on any atom is 0.327 e. The highest BCUT2D eigenvalue weighted by Gasteiger charge is 2.20. The minimum atomic E-state index is -0.265. The maximum absolute atomic E-state index is 12.8. The minimum absolute atomic E-state index is 0.0188. The largest absolute Gasteiger partial charge is 0.497 e. The first-order chi connectivity index (χ1) is 14.1. The van der Waals surface area contributed by atoms with Gasteiger partial charge in [-0.1, -0.05) is 30.3 Å². The van der Waals surface area contributed by atoms with E-state index in [1.807, 2.05) is 56.3 Å². The zero-order valence-electron chi connectivity index (χ0n) is 16.8. The molecule has 1 heterocycles. The van der Waals surface area contributed by atoms with Gasteiger partial charge in [-0.3, -0.25) is 0 Å². The molecule has 150 valence electrons. The fraction of sp³-hybridized carbons (Fsp3) is 0.227. The molecular formula is C22H25N5O2. The summed E-state index contributed by atoms with van der Waals surface area (Å²) in [7, 11) is 1.60. The van der Waals surface area contributed by atoms with Crippen molar-refractivity contribution in [3.63, 3.8) is 0 Å². The van der Waals surface area contributed by atoms with Gasteiger partial charge < -0.3 is 15.4 Å². The third-order valence-corrected chi connectivity index (χ3v) is 4.38. The monoisotopic (exact) mass is 391 g/mol. The van der Waals surface area contributed by atoms with Crippen molar-refractivity contribution in [2.45, 2.75) is 19.9 Å². The number of rotatable bonds is 7. The van der Waals surface area contributed by atoms with Gasteiger partial charge in [0.1, 0.15) is 11.6 Å². The van der Waals surface area contributed by atoms with Crippen LogP contribution >= 0.6 is 0 Å². The predicted octanol–water partition coefficient (Wildman–Crippen LogP) is 4.53. The van der Waals surface area contributed by atoms with Crippen LogP contribution in [0.15, 0.2) is 66.9 Å². The molecule has 1 atom stereocenters. The van der Waals surface area contributed by atoms with E-state index in [0.29, 0.717) is 29.7 Å². The van der Waals surface area contributed by atoms with Crippen LogP contribution in [0.25, 0.3) is 0 Å². The number of methoxy groups -OCH3 is 1. The zero-order valence-corrected chi connectivity index (χ0v) is 16.8. The molecule has 0 saturated heterocycles. The van der Waals surface area contributed by atoms with E-state index in [1.54, 1.807) is 31.5 Å². The van der Waals surface area contributed by atoms with Crippen LogP contribution in [0.5, 0.6) is 5.75 Å². The molecule has 1 unspecified atom stereocenters. The Morgan fingerprint density at radius 1 is 1.10 bits per heavy atom. The van der Waals surface area contributed by atoms with Crippen LogP contribution in [0.4, 0.5) is 22.2 Å². The van der Waals surface area contributed by atoms with Crippen LogP contribution in [0.2, 0.25) is 0 Å². The summed E-state index contributed by atoms with van der Waals surface area (Å²) in [4.78, 5) is 23.2. The van der Waals surface area contributed by atoms with Crippen molar-refractivity contribution < 1.29 is 9.53 Å². The van der Waals surface area contributed by atoms with Crippen LogP contribution < -0.4 is 20.3 Å². The van der Waals surface area contributed by atoms with E-state index >= 15 is 0 Å². The fourth-order valence-corrected chi connectivity index (χ4v) is 2.88. The summed E-state index contributed by atoms with van der Waals surface area (Å²) in [5.41, 5.74) is 1.80. The molecule has 1 aromatic heterocycles. The molecule has 29 heavy (non-hydrogen) atoms. The Hall–Kier alpha value is -3.61. The Morgan fingerprint density at radius 2 is 1.83 bits per heavy atom.